The topological polar surface area (TPSA) is 107 Å². The molecule has 1 saturated heterocycles. The smallest absolute Gasteiger partial charge is 0.332 e. The molecule has 1 aliphatic heterocycles. The monoisotopic (exact) mass is 442 g/mol. The van der Waals surface area contributed by atoms with Crippen LogP contribution in [0.5, 0.6) is 5.75 Å². The molecular formula is C22H30N6O4. The van der Waals surface area contributed by atoms with Gasteiger partial charge in [-0.3, -0.25) is 13.9 Å². The zero-order valence-corrected chi connectivity index (χ0v) is 18.7. The predicted molar refractivity (Wildman–Crippen MR) is 123 cm³/mol. The molecule has 1 atom stereocenters. The number of hydrogen-bond acceptors (Lipinski definition) is 7. The Morgan fingerprint density at radius 2 is 1.81 bits per heavy atom. The standard InChI is InChI=1S/C22H30N6O4/c1-4-15-5-7-17(8-6-15)32-14-16(29)13-28-18-19(25(2)22(31)26(3)20(18)30)24-21(28)27-11-9-23-10-12-27/h5-8,16,23,29H,4,9-14H2,1-3H3. The van der Waals surface area contributed by atoms with Crippen LogP contribution in [-0.4, -0.2) is 62.7 Å². The van der Waals surface area contributed by atoms with Gasteiger partial charge < -0.3 is 24.6 Å². The molecule has 1 aromatic carbocycles. The Morgan fingerprint density at radius 3 is 2.47 bits per heavy atom. The number of nitrogens with zero attached hydrogens (tertiary/aromatic N) is 5. The number of aliphatic hydroxyl groups is 1. The summed E-state index contributed by atoms with van der Waals surface area (Å²) in [6, 6.07) is 7.77. The molecule has 172 valence electrons. The van der Waals surface area contributed by atoms with Crippen LogP contribution < -0.4 is 26.2 Å². The van der Waals surface area contributed by atoms with Crippen molar-refractivity contribution in [2.45, 2.75) is 26.0 Å². The lowest BCUT2D eigenvalue weighted by molar-refractivity contribution is 0.0936. The number of aliphatic hydroxyl groups excluding tert-OH is 1. The molecule has 3 aromatic rings. The molecule has 0 saturated carbocycles. The third-order valence-electron chi connectivity index (χ3n) is 5.89. The van der Waals surface area contributed by atoms with Gasteiger partial charge >= 0.3 is 5.69 Å². The van der Waals surface area contributed by atoms with Crippen molar-refractivity contribution >= 4 is 17.1 Å². The summed E-state index contributed by atoms with van der Waals surface area (Å²) in [5.41, 5.74) is 0.966. The van der Waals surface area contributed by atoms with Gasteiger partial charge in [-0.1, -0.05) is 19.1 Å². The molecule has 10 nitrogen and oxygen atoms in total. The van der Waals surface area contributed by atoms with Crippen LogP contribution in [0.3, 0.4) is 0 Å². The maximum Gasteiger partial charge on any atom is 0.332 e. The summed E-state index contributed by atoms with van der Waals surface area (Å²) in [6.07, 6.45) is 0.0740. The van der Waals surface area contributed by atoms with E-state index >= 15 is 0 Å². The van der Waals surface area contributed by atoms with Gasteiger partial charge in [-0.15, -0.1) is 0 Å². The van der Waals surface area contributed by atoms with Gasteiger partial charge in [0.1, 0.15) is 18.5 Å². The number of hydrogen-bond donors (Lipinski definition) is 2. The Hall–Kier alpha value is -3.11. The Bertz CT molecular complexity index is 1200. The first kappa shape index (κ1) is 22.1. The molecule has 0 aliphatic carbocycles. The van der Waals surface area contributed by atoms with Crippen LogP contribution in [0, 0.1) is 0 Å². The number of benzene rings is 1. The average Bonchev–Trinajstić information content (AvgIpc) is 3.20. The number of anilines is 1. The molecule has 10 heteroatoms. The zero-order chi connectivity index (χ0) is 22.8. The maximum absolute atomic E-state index is 13.0. The van der Waals surface area contributed by atoms with Crippen molar-refractivity contribution in [2.24, 2.45) is 14.1 Å². The first-order chi connectivity index (χ1) is 15.4. The minimum absolute atomic E-state index is 0.0677. The Morgan fingerprint density at radius 1 is 1.12 bits per heavy atom. The van der Waals surface area contributed by atoms with Crippen molar-refractivity contribution in [1.82, 2.24) is 24.0 Å². The molecule has 0 radical (unpaired) electrons. The molecule has 1 aliphatic rings. The lowest BCUT2D eigenvalue weighted by atomic mass is 10.2. The van der Waals surface area contributed by atoms with Crippen LogP contribution in [0.4, 0.5) is 5.95 Å². The molecule has 4 rings (SSSR count). The average molecular weight is 443 g/mol. The van der Waals surface area contributed by atoms with E-state index in [-0.39, 0.29) is 13.2 Å². The lowest BCUT2D eigenvalue weighted by Crippen LogP contribution is -2.45. The third-order valence-corrected chi connectivity index (χ3v) is 5.89. The van der Waals surface area contributed by atoms with Gasteiger partial charge in [-0.25, -0.2) is 4.79 Å². The number of imidazole rings is 1. The van der Waals surface area contributed by atoms with Gasteiger partial charge in [-0.05, 0) is 24.1 Å². The van der Waals surface area contributed by atoms with Crippen LogP contribution in [0.1, 0.15) is 12.5 Å². The van der Waals surface area contributed by atoms with Gasteiger partial charge in [0, 0.05) is 40.3 Å². The molecule has 0 spiro atoms. The van der Waals surface area contributed by atoms with Crippen molar-refractivity contribution in [1.29, 1.82) is 0 Å². The first-order valence-electron chi connectivity index (χ1n) is 10.9. The van der Waals surface area contributed by atoms with Gasteiger partial charge in [0.2, 0.25) is 5.95 Å². The summed E-state index contributed by atoms with van der Waals surface area (Å²) in [5, 5.41) is 14.1. The molecule has 2 aromatic heterocycles. The van der Waals surface area contributed by atoms with Gasteiger partial charge in [0.15, 0.2) is 11.2 Å². The summed E-state index contributed by atoms with van der Waals surface area (Å²) in [7, 11) is 3.05. The minimum Gasteiger partial charge on any atom is -0.491 e. The number of aromatic nitrogens is 4. The summed E-state index contributed by atoms with van der Waals surface area (Å²) in [4.78, 5) is 32.1. The molecule has 1 fully saturated rings. The van der Waals surface area contributed by atoms with E-state index in [1.54, 1.807) is 11.6 Å². The molecule has 3 heterocycles. The fourth-order valence-corrected chi connectivity index (χ4v) is 3.99. The van der Waals surface area contributed by atoms with E-state index in [1.807, 2.05) is 24.3 Å². The summed E-state index contributed by atoms with van der Waals surface area (Å²) >= 11 is 0. The SMILES string of the molecule is CCc1ccc(OCC(O)Cn2c(N3CCNCC3)nc3c2c(=O)n(C)c(=O)n3C)cc1. The molecule has 1 unspecified atom stereocenters. The third kappa shape index (κ3) is 4.15. The second-order valence-corrected chi connectivity index (χ2v) is 8.10. The number of piperazine rings is 1. The number of ether oxygens (including phenoxy) is 1. The van der Waals surface area contributed by atoms with Gasteiger partial charge in [-0.2, -0.15) is 4.98 Å². The number of nitrogens with one attached hydrogen (secondary N) is 1. The maximum atomic E-state index is 13.0. The highest BCUT2D eigenvalue weighted by atomic mass is 16.5. The summed E-state index contributed by atoms with van der Waals surface area (Å²) in [6.45, 7) is 5.29. The lowest BCUT2D eigenvalue weighted by Gasteiger charge is -2.29. The van der Waals surface area contributed by atoms with Crippen LogP contribution >= 0.6 is 0 Å². The van der Waals surface area contributed by atoms with E-state index in [1.165, 1.54) is 17.2 Å². The highest BCUT2D eigenvalue weighted by Gasteiger charge is 2.25. The Kier molecular flexibility index (Phi) is 6.33. The summed E-state index contributed by atoms with van der Waals surface area (Å²) < 4.78 is 9.93. The predicted octanol–water partition coefficient (Wildman–Crippen LogP) is -0.154. The van der Waals surface area contributed by atoms with Crippen LogP contribution in [-0.2, 0) is 27.1 Å². The van der Waals surface area contributed by atoms with Crippen LogP contribution in [0.15, 0.2) is 33.9 Å². The quantitative estimate of drug-likeness (QED) is 0.524. The largest absolute Gasteiger partial charge is 0.491 e. The van der Waals surface area contributed by atoms with Crippen molar-refractivity contribution in [2.75, 3.05) is 37.7 Å². The van der Waals surface area contributed by atoms with Gasteiger partial charge in [0.05, 0.1) is 6.54 Å². The molecular weight excluding hydrogens is 412 g/mol. The van der Waals surface area contributed by atoms with E-state index in [2.05, 4.69) is 22.1 Å². The molecule has 0 bridgehead atoms. The fourth-order valence-electron chi connectivity index (χ4n) is 3.99. The number of aryl methyl sites for hydroxylation is 2. The van der Waals surface area contributed by atoms with E-state index in [4.69, 9.17) is 4.74 Å². The summed E-state index contributed by atoms with van der Waals surface area (Å²) in [5.74, 6) is 1.25. The second-order valence-electron chi connectivity index (χ2n) is 8.10. The minimum atomic E-state index is -0.873. The van der Waals surface area contributed by atoms with E-state index in [0.717, 1.165) is 24.1 Å². The Balaban J connectivity index is 1.66. The highest BCUT2D eigenvalue weighted by Crippen LogP contribution is 2.21. The van der Waals surface area contributed by atoms with Crippen LogP contribution in [0.25, 0.3) is 11.2 Å². The second kappa shape index (κ2) is 9.17. The van der Waals surface area contributed by atoms with Crippen molar-refractivity contribution in [3.8, 4) is 5.75 Å². The first-order valence-corrected chi connectivity index (χ1v) is 10.9. The van der Waals surface area contributed by atoms with Crippen molar-refractivity contribution < 1.29 is 9.84 Å². The van der Waals surface area contributed by atoms with Crippen molar-refractivity contribution in [3.63, 3.8) is 0 Å². The van der Waals surface area contributed by atoms with Gasteiger partial charge in [0.25, 0.3) is 5.56 Å². The number of fused-ring (bicyclic) bond motifs is 1. The van der Waals surface area contributed by atoms with E-state index in [0.29, 0.717) is 36.0 Å². The highest BCUT2D eigenvalue weighted by molar-refractivity contribution is 5.74. The molecule has 2 N–H and O–H groups in total. The van der Waals surface area contributed by atoms with Crippen molar-refractivity contribution in [3.05, 3.63) is 50.7 Å². The number of rotatable bonds is 7. The Labute approximate surface area is 185 Å². The zero-order valence-electron chi connectivity index (χ0n) is 18.7. The van der Waals surface area contributed by atoms with Crippen LogP contribution in [0.2, 0.25) is 0 Å². The normalized spacial score (nSPS) is 15.3. The molecule has 32 heavy (non-hydrogen) atoms. The van der Waals surface area contributed by atoms with E-state index in [9.17, 15) is 14.7 Å². The van der Waals surface area contributed by atoms with E-state index < -0.39 is 17.4 Å². The molecule has 0 amide bonds. The fraction of sp³-hybridized carbons (Fsp3) is 0.500.